The number of thioether (sulfide) groups is 1. The first-order valence-electron chi connectivity index (χ1n) is 5.42. The van der Waals surface area contributed by atoms with E-state index in [0.717, 1.165) is 0 Å². The molecule has 1 aliphatic rings. The molecule has 2 rings (SSSR count). The number of hydrogen-bond donors (Lipinski definition) is 1. The van der Waals surface area contributed by atoms with Crippen molar-refractivity contribution in [1.82, 2.24) is 9.80 Å². The van der Waals surface area contributed by atoms with Crippen molar-refractivity contribution in [1.29, 1.82) is 5.41 Å². The van der Waals surface area contributed by atoms with Crippen molar-refractivity contribution in [2.75, 3.05) is 32.4 Å². The highest BCUT2D eigenvalue weighted by Crippen LogP contribution is 2.11. The summed E-state index contributed by atoms with van der Waals surface area (Å²) in [6, 6.07) is 3.39. The number of carbonyl (C=O) groups excluding carboxylic acids is 1. The quantitative estimate of drug-likeness (QED) is 0.606. The highest BCUT2D eigenvalue weighted by atomic mass is 32.2. The number of piperazine rings is 1. The molecule has 1 N–H and O–H groups in total. The summed E-state index contributed by atoms with van der Waals surface area (Å²) < 4.78 is 5.09. The average molecular weight is 253 g/mol. The van der Waals surface area contributed by atoms with Crippen molar-refractivity contribution in [3.63, 3.8) is 0 Å². The molecule has 0 atom stereocenters. The Labute approximate surface area is 104 Å². The zero-order chi connectivity index (χ0) is 12.3. The first-order chi connectivity index (χ1) is 8.22. The van der Waals surface area contributed by atoms with E-state index in [-0.39, 0.29) is 5.91 Å². The minimum atomic E-state index is -0.0645. The standard InChI is InChI=1S/C11H15N3O2S/c1-17-11(12)14-6-4-13(5-7-14)10(15)9-3-2-8-16-9/h2-3,8,12H,4-7H2,1H3. The van der Waals surface area contributed by atoms with Gasteiger partial charge < -0.3 is 14.2 Å². The van der Waals surface area contributed by atoms with Crippen LogP contribution in [-0.4, -0.2) is 53.3 Å². The van der Waals surface area contributed by atoms with E-state index in [2.05, 4.69) is 0 Å². The van der Waals surface area contributed by atoms with Crippen LogP contribution in [0.1, 0.15) is 10.6 Å². The molecule has 0 spiro atoms. The molecule has 92 valence electrons. The molecule has 1 amide bonds. The monoisotopic (exact) mass is 253 g/mol. The van der Waals surface area contributed by atoms with Gasteiger partial charge in [-0.3, -0.25) is 10.2 Å². The lowest BCUT2D eigenvalue weighted by Gasteiger charge is -2.35. The summed E-state index contributed by atoms with van der Waals surface area (Å²) >= 11 is 1.43. The van der Waals surface area contributed by atoms with Gasteiger partial charge in [0.2, 0.25) is 0 Å². The van der Waals surface area contributed by atoms with Crippen LogP contribution in [-0.2, 0) is 0 Å². The van der Waals surface area contributed by atoms with Crippen LogP contribution in [0.4, 0.5) is 0 Å². The van der Waals surface area contributed by atoms with Gasteiger partial charge in [-0.2, -0.15) is 0 Å². The lowest BCUT2D eigenvalue weighted by molar-refractivity contribution is 0.0661. The van der Waals surface area contributed by atoms with Gasteiger partial charge in [-0.05, 0) is 18.4 Å². The van der Waals surface area contributed by atoms with E-state index in [9.17, 15) is 4.79 Å². The van der Waals surface area contributed by atoms with Crippen LogP contribution in [0.2, 0.25) is 0 Å². The predicted molar refractivity (Wildman–Crippen MR) is 67.4 cm³/mol. The molecule has 17 heavy (non-hydrogen) atoms. The van der Waals surface area contributed by atoms with Crippen LogP contribution >= 0.6 is 11.8 Å². The minimum absolute atomic E-state index is 0.0645. The molecule has 2 heterocycles. The fourth-order valence-electron chi connectivity index (χ4n) is 1.80. The van der Waals surface area contributed by atoms with Gasteiger partial charge in [0.1, 0.15) is 0 Å². The Morgan fingerprint density at radius 3 is 2.53 bits per heavy atom. The number of amidine groups is 1. The molecule has 0 bridgehead atoms. The van der Waals surface area contributed by atoms with Gasteiger partial charge in [-0.1, -0.05) is 11.8 Å². The van der Waals surface area contributed by atoms with E-state index < -0.39 is 0 Å². The molecular formula is C11H15N3O2S. The van der Waals surface area contributed by atoms with E-state index in [1.165, 1.54) is 18.0 Å². The van der Waals surface area contributed by atoms with E-state index in [1.807, 2.05) is 11.2 Å². The molecule has 1 fully saturated rings. The Morgan fingerprint density at radius 2 is 2.00 bits per heavy atom. The number of furan rings is 1. The topological polar surface area (TPSA) is 60.5 Å². The SMILES string of the molecule is CSC(=N)N1CCN(C(=O)c2ccco2)CC1. The number of nitrogens with one attached hydrogen (secondary N) is 1. The normalized spacial score (nSPS) is 16.1. The van der Waals surface area contributed by atoms with Crippen LogP contribution < -0.4 is 0 Å². The third kappa shape index (κ3) is 2.63. The minimum Gasteiger partial charge on any atom is -0.459 e. The van der Waals surface area contributed by atoms with Crippen LogP contribution in [0.15, 0.2) is 22.8 Å². The molecule has 0 aliphatic carbocycles. The fraction of sp³-hybridized carbons (Fsp3) is 0.455. The van der Waals surface area contributed by atoms with Crippen LogP contribution in [0.25, 0.3) is 0 Å². The third-order valence-electron chi connectivity index (χ3n) is 2.78. The number of hydrogen-bond acceptors (Lipinski definition) is 4. The first-order valence-corrected chi connectivity index (χ1v) is 6.65. The average Bonchev–Trinajstić information content (AvgIpc) is 2.91. The van der Waals surface area contributed by atoms with Crippen molar-refractivity contribution in [3.05, 3.63) is 24.2 Å². The number of amides is 1. The maximum Gasteiger partial charge on any atom is 0.289 e. The predicted octanol–water partition coefficient (Wildman–Crippen LogP) is 1.34. The van der Waals surface area contributed by atoms with Gasteiger partial charge in [0.05, 0.1) is 6.26 Å². The largest absolute Gasteiger partial charge is 0.459 e. The summed E-state index contributed by atoms with van der Waals surface area (Å²) in [5.74, 6) is 0.323. The molecule has 0 saturated carbocycles. The summed E-state index contributed by atoms with van der Waals surface area (Å²) in [7, 11) is 0. The van der Waals surface area contributed by atoms with E-state index in [1.54, 1.807) is 17.0 Å². The Morgan fingerprint density at radius 1 is 1.35 bits per heavy atom. The van der Waals surface area contributed by atoms with E-state index in [0.29, 0.717) is 37.1 Å². The van der Waals surface area contributed by atoms with Crippen molar-refractivity contribution in [2.45, 2.75) is 0 Å². The second-order valence-corrected chi connectivity index (χ2v) is 4.56. The lowest BCUT2D eigenvalue weighted by Crippen LogP contribution is -2.49. The second-order valence-electron chi connectivity index (χ2n) is 3.77. The van der Waals surface area contributed by atoms with Crippen molar-refractivity contribution in [2.24, 2.45) is 0 Å². The molecule has 5 nitrogen and oxygen atoms in total. The maximum absolute atomic E-state index is 12.0. The van der Waals surface area contributed by atoms with Gasteiger partial charge in [0.25, 0.3) is 5.91 Å². The molecule has 1 saturated heterocycles. The second kappa shape index (κ2) is 5.27. The molecular weight excluding hydrogens is 238 g/mol. The smallest absolute Gasteiger partial charge is 0.289 e. The van der Waals surface area contributed by atoms with E-state index >= 15 is 0 Å². The molecule has 0 unspecified atom stereocenters. The highest BCUT2D eigenvalue weighted by Gasteiger charge is 2.24. The Balaban J connectivity index is 1.91. The van der Waals surface area contributed by atoms with Crippen molar-refractivity contribution >= 4 is 22.8 Å². The van der Waals surface area contributed by atoms with Crippen molar-refractivity contribution < 1.29 is 9.21 Å². The molecule has 0 aromatic carbocycles. The maximum atomic E-state index is 12.0. The number of carbonyl (C=O) groups is 1. The van der Waals surface area contributed by atoms with Gasteiger partial charge in [0.15, 0.2) is 10.9 Å². The van der Waals surface area contributed by atoms with Gasteiger partial charge >= 0.3 is 0 Å². The van der Waals surface area contributed by atoms with Crippen LogP contribution in [0, 0.1) is 5.41 Å². The summed E-state index contributed by atoms with van der Waals surface area (Å²) in [5.41, 5.74) is 0. The molecule has 0 radical (unpaired) electrons. The summed E-state index contributed by atoms with van der Waals surface area (Å²) in [4.78, 5) is 15.7. The number of nitrogens with zero attached hydrogens (tertiary/aromatic N) is 2. The first kappa shape index (κ1) is 12.0. The zero-order valence-corrected chi connectivity index (χ0v) is 10.5. The molecule has 1 aromatic rings. The Kier molecular flexibility index (Phi) is 3.73. The summed E-state index contributed by atoms with van der Waals surface area (Å²) in [6.45, 7) is 2.71. The van der Waals surface area contributed by atoms with Crippen LogP contribution in [0.3, 0.4) is 0 Å². The lowest BCUT2D eigenvalue weighted by atomic mass is 10.3. The fourth-order valence-corrected chi connectivity index (χ4v) is 2.24. The summed E-state index contributed by atoms with van der Waals surface area (Å²) in [6.07, 6.45) is 3.40. The Bertz CT molecular complexity index is 397. The number of rotatable bonds is 1. The summed E-state index contributed by atoms with van der Waals surface area (Å²) in [5, 5.41) is 8.28. The van der Waals surface area contributed by atoms with Gasteiger partial charge in [0, 0.05) is 26.2 Å². The molecule has 6 heteroatoms. The Hall–Kier alpha value is -1.43. The molecule has 1 aliphatic heterocycles. The highest BCUT2D eigenvalue weighted by molar-refractivity contribution is 8.13. The zero-order valence-electron chi connectivity index (χ0n) is 9.68. The van der Waals surface area contributed by atoms with Crippen molar-refractivity contribution in [3.8, 4) is 0 Å². The third-order valence-corrected chi connectivity index (χ3v) is 3.42. The molecule has 1 aromatic heterocycles. The van der Waals surface area contributed by atoms with Gasteiger partial charge in [-0.25, -0.2) is 0 Å². The van der Waals surface area contributed by atoms with Gasteiger partial charge in [-0.15, -0.1) is 0 Å². The van der Waals surface area contributed by atoms with E-state index in [4.69, 9.17) is 9.83 Å². The van der Waals surface area contributed by atoms with Crippen LogP contribution in [0.5, 0.6) is 0 Å².